The number of nitrogens with one attached hydrogen (secondary N) is 1. The summed E-state index contributed by atoms with van der Waals surface area (Å²) in [5.74, 6) is -0.0153. The van der Waals surface area contributed by atoms with Gasteiger partial charge in [0.1, 0.15) is 5.75 Å². The van der Waals surface area contributed by atoms with E-state index in [0.717, 1.165) is 12.0 Å². The molecule has 1 atom stereocenters. The molecular weight excluding hydrogens is 318 g/mol. The maximum atomic E-state index is 12.5. The molecule has 2 aromatic carbocycles. The Balaban J connectivity index is 2.13. The van der Waals surface area contributed by atoms with Crippen molar-refractivity contribution < 1.29 is 19.1 Å². The Morgan fingerprint density at radius 3 is 2.52 bits per heavy atom. The highest BCUT2D eigenvalue weighted by atomic mass is 16.5. The van der Waals surface area contributed by atoms with Crippen molar-refractivity contribution in [3.05, 3.63) is 59.2 Å². The minimum absolute atomic E-state index is 0.281. The summed E-state index contributed by atoms with van der Waals surface area (Å²) in [6.07, 6.45) is 0.152. The molecule has 0 spiro atoms. The molecule has 2 rings (SSSR count). The lowest BCUT2D eigenvalue weighted by molar-refractivity contribution is -0.122. The van der Waals surface area contributed by atoms with Crippen molar-refractivity contribution in [2.24, 2.45) is 0 Å². The molecule has 0 saturated carbocycles. The van der Waals surface area contributed by atoms with Crippen LogP contribution in [0.2, 0.25) is 0 Å². The zero-order valence-corrected chi connectivity index (χ0v) is 15.0. The smallest absolute Gasteiger partial charge is 0.338 e. The summed E-state index contributed by atoms with van der Waals surface area (Å²) < 4.78 is 10.6. The van der Waals surface area contributed by atoms with Gasteiger partial charge in [-0.2, -0.15) is 0 Å². The molecule has 0 aliphatic rings. The van der Waals surface area contributed by atoms with Gasteiger partial charge in [-0.3, -0.25) is 4.79 Å². The lowest BCUT2D eigenvalue weighted by Crippen LogP contribution is -2.30. The van der Waals surface area contributed by atoms with Crippen LogP contribution in [0, 0.1) is 6.92 Å². The van der Waals surface area contributed by atoms with E-state index in [4.69, 9.17) is 9.47 Å². The Morgan fingerprint density at radius 1 is 1.12 bits per heavy atom. The Labute approximate surface area is 148 Å². The van der Waals surface area contributed by atoms with Gasteiger partial charge in [-0.1, -0.05) is 31.2 Å². The van der Waals surface area contributed by atoms with Gasteiger partial charge < -0.3 is 14.8 Å². The van der Waals surface area contributed by atoms with Crippen molar-refractivity contribution in [1.82, 2.24) is 0 Å². The van der Waals surface area contributed by atoms with Gasteiger partial charge in [0.2, 0.25) is 0 Å². The molecule has 1 unspecified atom stereocenters. The first-order valence-corrected chi connectivity index (χ1v) is 8.21. The van der Waals surface area contributed by atoms with E-state index in [0.29, 0.717) is 22.6 Å². The van der Waals surface area contributed by atoms with Crippen LogP contribution >= 0.6 is 0 Å². The second-order valence-electron chi connectivity index (χ2n) is 5.68. The largest absolute Gasteiger partial charge is 0.481 e. The standard InChI is InChI=1S/C20H23NO4/c1-5-15-9-6-7-12-18(15)25-14(3)19(22)21-17-11-8-10-16(13(17)2)20(23)24-4/h6-12,14H,5H2,1-4H3,(H,21,22). The van der Waals surface area contributed by atoms with Crippen molar-refractivity contribution in [2.45, 2.75) is 33.3 Å². The second-order valence-corrected chi connectivity index (χ2v) is 5.68. The number of amides is 1. The van der Waals surface area contributed by atoms with E-state index < -0.39 is 12.1 Å². The minimum atomic E-state index is -0.672. The highest BCUT2D eigenvalue weighted by Crippen LogP contribution is 2.22. The Morgan fingerprint density at radius 2 is 1.84 bits per heavy atom. The fourth-order valence-electron chi connectivity index (χ4n) is 2.49. The molecule has 2 aromatic rings. The zero-order chi connectivity index (χ0) is 18.4. The van der Waals surface area contributed by atoms with Crippen LogP contribution in [0.25, 0.3) is 0 Å². The molecule has 5 nitrogen and oxygen atoms in total. The maximum Gasteiger partial charge on any atom is 0.338 e. The lowest BCUT2D eigenvalue weighted by Gasteiger charge is -2.18. The molecule has 5 heteroatoms. The van der Waals surface area contributed by atoms with Gasteiger partial charge in [0, 0.05) is 5.69 Å². The number of ether oxygens (including phenoxy) is 2. The number of benzene rings is 2. The Bertz CT molecular complexity index is 770. The summed E-state index contributed by atoms with van der Waals surface area (Å²) in [5, 5.41) is 2.82. The average Bonchev–Trinajstić information content (AvgIpc) is 2.63. The molecule has 0 radical (unpaired) electrons. The van der Waals surface area contributed by atoms with E-state index in [9.17, 15) is 9.59 Å². The summed E-state index contributed by atoms with van der Waals surface area (Å²) in [7, 11) is 1.33. The first-order chi connectivity index (χ1) is 12.0. The number of hydrogen-bond donors (Lipinski definition) is 1. The van der Waals surface area contributed by atoms with Crippen molar-refractivity contribution in [2.75, 3.05) is 12.4 Å². The summed E-state index contributed by atoms with van der Waals surface area (Å²) in [6.45, 7) is 5.50. The van der Waals surface area contributed by atoms with Gasteiger partial charge in [0.15, 0.2) is 6.10 Å². The monoisotopic (exact) mass is 341 g/mol. The quantitative estimate of drug-likeness (QED) is 0.813. The molecular formula is C20H23NO4. The number of anilines is 1. The molecule has 0 bridgehead atoms. The third-order valence-electron chi connectivity index (χ3n) is 4.02. The van der Waals surface area contributed by atoms with Crippen LogP contribution in [0.3, 0.4) is 0 Å². The molecule has 0 fully saturated rings. The van der Waals surface area contributed by atoms with Crippen LogP contribution in [-0.2, 0) is 16.0 Å². The van der Waals surface area contributed by atoms with Crippen LogP contribution < -0.4 is 10.1 Å². The third kappa shape index (κ3) is 4.38. The van der Waals surface area contributed by atoms with E-state index in [1.54, 1.807) is 32.0 Å². The predicted molar refractivity (Wildman–Crippen MR) is 97.1 cm³/mol. The van der Waals surface area contributed by atoms with Crippen LogP contribution in [0.15, 0.2) is 42.5 Å². The first-order valence-electron chi connectivity index (χ1n) is 8.21. The van der Waals surface area contributed by atoms with E-state index in [-0.39, 0.29) is 5.91 Å². The molecule has 0 saturated heterocycles. The maximum absolute atomic E-state index is 12.5. The molecule has 0 heterocycles. The fourth-order valence-corrected chi connectivity index (χ4v) is 2.49. The van der Waals surface area contributed by atoms with Crippen molar-refractivity contribution >= 4 is 17.6 Å². The van der Waals surface area contributed by atoms with E-state index >= 15 is 0 Å². The molecule has 0 aromatic heterocycles. The fraction of sp³-hybridized carbons (Fsp3) is 0.300. The van der Waals surface area contributed by atoms with E-state index in [1.165, 1.54) is 7.11 Å². The lowest BCUT2D eigenvalue weighted by atomic mass is 10.1. The number of carbonyl (C=O) groups is 2. The number of methoxy groups -OCH3 is 1. The average molecular weight is 341 g/mol. The van der Waals surface area contributed by atoms with E-state index in [1.807, 2.05) is 31.2 Å². The number of aryl methyl sites for hydroxylation is 1. The Kier molecular flexibility index (Phi) is 6.17. The molecule has 25 heavy (non-hydrogen) atoms. The van der Waals surface area contributed by atoms with Crippen molar-refractivity contribution in [3.8, 4) is 5.75 Å². The second kappa shape index (κ2) is 8.33. The predicted octanol–water partition coefficient (Wildman–Crippen LogP) is 3.75. The number of esters is 1. The highest BCUT2D eigenvalue weighted by Gasteiger charge is 2.19. The summed E-state index contributed by atoms with van der Waals surface area (Å²) >= 11 is 0. The van der Waals surface area contributed by atoms with Crippen LogP contribution in [0.4, 0.5) is 5.69 Å². The first kappa shape index (κ1) is 18.5. The summed E-state index contributed by atoms with van der Waals surface area (Å²) in [4.78, 5) is 24.2. The molecule has 0 aliphatic carbocycles. The van der Waals surface area contributed by atoms with Gasteiger partial charge in [-0.25, -0.2) is 4.79 Å². The van der Waals surface area contributed by atoms with Crippen molar-refractivity contribution in [3.63, 3.8) is 0 Å². The molecule has 132 valence electrons. The zero-order valence-electron chi connectivity index (χ0n) is 15.0. The SMILES string of the molecule is CCc1ccccc1OC(C)C(=O)Nc1cccc(C(=O)OC)c1C. The van der Waals surface area contributed by atoms with Crippen molar-refractivity contribution in [1.29, 1.82) is 0 Å². The van der Waals surface area contributed by atoms with Gasteiger partial charge in [0.05, 0.1) is 12.7 Å². The van der Waals surface area contributed by atoms with Crippen LogP contribution in [0.5, 0.6) is 5.75 Å². The van der Waals surface area contributed by atoms with E-state index in [2.05, 4.69) is 5.32 Å². The van der Waals surface area contributed by atoms with Gasteiger partial charge in [-0.05, 0) is 49.6 Å². The van der Waals surface area contributed by atoms with Gasteiger partial charge >= 0.3 is 5.97 Å². The number of hydrogen-bond acceptors (Lipinski definition) is 4. The van der Waals surface area contributed by atoms with Crippen LogP contribution in [0.1, 0.15) is 35.3 Å². The van der Waals surface area contributed by atoms with Gasteiger partial charge in [0.25, 0.3) is 5.91 Å². The summed E-state index contributed by atoms with van der Waals surface area (Å²) in [5.41, 5.74) is 2.69. The minimum Gasteiger partial charge on any atom is -0.481 e. The van der Waals surface area contributed by atoms with Gasteiger partial charge in [-0.15, -0.1) is 0 Å². The topological polar surface area (TPSA) is 64.6 Å². The Hall–Kier alpha value is -2.82. The van der Waals surface area contributed by atoms with Crippen LogP contribution in [-0.4, -0.2) is 25.1 Å². The molecule has 1 amide bonds. The summed E-state index contributed by atoms with van der Waals surface area (Å²) in [6, 6.07) is 12.8. The third-order valence-corrected chi connectivity index (χ3v) is 4.02. The normalized spacial score (nSPS) is 11.5. The number of para-hydroxylation sites is 1. The highest BCUT2D eigenvalue weighted by molar-refractivity contribution is 5.98. The number of carbonyl (C=O) groups excluding carboxylic acids is 2. The molecule has 1 N–H and O–H groups in total. The molecule has 0 aliphatic heterocycles. The number of rotatable bonds is 6.